The number of amides is 1. The van der Waals surface area contributed by atoms with Crippen LogP contribution in [0, 0.1) is 0 Å². The molecular formula is C13H17NO. The topological polar surface area (TPSA) is 29.1 Å². The van der Waals surface area contributed by atoms with E-state index in [0.717, 1.165) is 12.8 Å². The summed E-state index contributed by atoms with van der Waals surface area (Å²) in [6.45, 7) is 2.15. The highest BCUT2D eigenvalue weighted by Crippen LogP contribution is 1.98. The standard InChI is InChI=1S/C13H17NO/c1-2-3-4-8-11-14-13(15)12-9-6-5-7-10-12/h5-11H,2-4H2,1H3,(H,14,15). The summed E-state index contributed by atoms with van der Waals surface area (Å²) in [5, 5.41) is 2.74. The van der Waals surface area contributed by atoms with E-state index in [4.69, 9.17) is 0 Å². The Morgan fingerprint density at radius 1 is 1.33 bits per heavy atom. The first-order chi connectivity index (χ1) is 7.34. The van der Waals surface area contributed by atoms with Crippen molar-refractivity contribution >= 4 is 5.91 Å². The van der Waals surface area contributed by atoms with Crippen LogP contribution in [0.25, 0.3) is 0 Å². The smallest absolute Gasteiger partial charge is 0.255 e. The van der Waals surface area contributed by atoms with Crippen molar-refractivity contribution in [2.75, 3.05) is 0 Å². The minimum absolute atomic E-state index is 0.0525. The first kappa shape index (κ1) is 11.5. The number of carbonyl (C=O) groups excluding carboxylic acids is 1. The lowest BCUT2D eigenvalue weighted by atomic mass is 10.2. The van der Waals surface area contributed by atoms with Gasteiger partial charge in [0.15, 0.2) is 0 Å². The van der Waals surface area contributed by atoms with Crippen LogP contribution in [0.15, 0.2) is 42.6 Å². The first-order valence-corrected chi connectivity index (χ1v) is 5.35. The van der Waals surface area contributed by atoms with Gasteiger partial charge in [-0.15, -0.1) is 0 Å². The molecule has 0 aliphatic carbocycles. The molecule has 2 nitrogen and oxygen atoms in total. The van der Waals surface area contributed by atoms with E-state index < -0.39 is 0 Å². The maximum absolute atomic E-state index is 11.5. The second kappa shape index (κ2) is 6.82. The van der Waals surface area contributed by atoms with Crippen molar-refractivity contribution in [1.82, 2.24) is 5.32 Å². The van der Waals surface area contributed by atoms with Crippen LogP contribution >= 0.6 is 0 Å². The van der Waals surface area contributed by atoms with Gasteiger partial charge in [0, 0.05) is 11.8 Å². The van der Waals surface area contributed by atoms with Crippen molar-refractivity contribution in [3.8, 4) is 0 Å². The van der Waals surface area contributed by atoms with E-state index in [2.05, 4.69) is 12.2 Å². The van der Waals surface area contributed by atoms with Gasteiger partial charge in [0.05, 0.1) is 0 Å². The van der Waals surface area contributed by atoms with Crippen LogP contribution in [0.5, 0.6) is 0 Å². The molecule has 1 aromatic carbocycles. The third-order valence-corrected chi connectivity index (χ3v) is 2.09. The summed E-state index contributed by atoms with van der Waals surface area (Å²) in [5.74, 6) is -0.0525. The molecule has 0 unspecified atom stereocenters. The molecule has 0 saturated carbocycles. The number of rotatable bonds is 5. The Balaban J connectivity index is 2.34. The zero-order chi connectivity index (χ0) is 10.9. The van der Waals surface area contributed by atoms with Gasteiger partial charge in [-0.2, -0.15) is 0 Å². The zero-order valence-electron chi connectivity index (χ0n) is 9.07. The molecule has 0 bridgehead atoms. The second-order valence-corrected chi connectivity index (χ2v) is 3.38. The molecule has 0 spiro atoms. The van der Waals surface area contributed by atoms with E-state index in [0.29, 0.717) is 5.56 Å². The van der Waals surface area contributed by atoms with Crippen molar-refractivity contribution in [2.45, 2.75) is 26.2 Å². The van der Waals surface area contributed by atoms with Gasteiger partial charge in [-0.3, -0.25) is 4.79 Å². The molecule has 1 amide bonds. The summed E-state index contributed by atoms with van der Waals surface area (Å²) in [5.41, 5.74) is 0.692. The van der Waals surface area contributed by atoms with Crippen LogP contribution in [-0.2, 0) is 0 Å². The van der Waals surface area contributed by atoms with Gasteiger partial charge in [-0.05, 0) is 18.6 Å². The Morgan fingerprint density at radius 2 is 2.07 bits per heavy atom. The zero-order valence-corrected chi connectivity index (χ0v) is 9.07. The molecule has 2 heteroatoms. The fourth-order valence-electron chi connectivity index (χ4n) is 1.21. The highest BCUT2D eigenvalue weighted by atomic mass is 16.1. The maximum Gasteiger partial charge on any atom is 0.255 e. The van der Waals surface area contributed by atoms with Gasteiger partial charge in [0.1, 0.15) is 0 Å². The van der Waals surface area contributed by atoms with Crippen LogP contribution in [-0.4, -0.2) is 5.91 Å². The summed E-state index contributed by atoms with van der Waals surface area (Å²) >= 11 is 0. The number of hydrogen-bond donors (Lipinski definition) is 1. The van der Waals surface area contributed by atoms with E-state index >= 15 is 0 Å². The van der Waals surface area contributed by atoms with E-state index in [1.54, 1.807) is 18.3 Å². The fourth-order valence-corrected chi connectivity index (χ4v) is 1.21. The van der Waals surface area contributed by atoms with E-state index in [9.17, 15) is 4.79 Å². The quantitative estimate of drug-likeness (QED) is 0.732. The average molecular weight is 203 g/mol. The molecule has 0 atom stereocenters. The normalized spacial score (nSPS) is 10.5. The van der Waals surface area contributed by atoms with Crippen molar-refractivity contribution in [2.24, 2.45) is 0 Å². The average Bonchev–Trinajstić information content (AvgIpc) is 2.30. The summed E-state index contributed by atoms with van der Waals surface area (Å²) in [6.07, 6.45) is 7.08. The Bertz CT molecular complexity index is 317. The van der Waals surface area contributed by atoms with Gasteiger partial charge in [0.2, 0.25) is 0 Å². The monoisotopic (exact) mass is 203 g/mol. The van der Waals surface area contributed by atoms with Gasteiger partial charge < -0.3 is 5.32 Å². The Hall–Kier alpha value is -1.57. The van der Waals surface area contributed by atoms with Crippen molar-refractivity contribution in [3.63, 3.8) is 0 Å². The molecule has 80 valence electrons. The molecule has 1 N–H and O–H groups in total. The SMILES string of the molecule is CCCCC=CNC(=O)c1ccccc1. The number of nitrogens with one attached hydrogen (secondary N) is 1. The molecular weight excluding hydrogens is 186 g/mol. The molecule has 0 radical (unpaired) electrons. The van der Waals surface area contributed by atoms with Crippen molar-refractivity contribution in [3.05, 3.63) is 48.2 Å². The van der Waals surface area contributed by atoms with Gasteiger partial charge in [0.25, 0.3) is 5.91 Å². The first-order valence-electron chi connectivity index (χ1n) is 5.35. The molecule has 1 aromatic rings. The van der Waals surface area contributed by atoms with Gasteiger partial charge in [-0.1, -0.05) is 44.0 Å². The van der Waals surface area contributed by atoms with Crippen LogP contribution < -0.4 is 5.32 Å². The molecule has 0 fully saturated rings. The lowest BCUT2D eigenvalue weighted by molar-refractivity contribution is 0.0970. The molecule has 0 aromatic heterocycles. The van der Waals surface area contributed by atoms with Crippen LogP contribution in [0.2, 0.25) is 0 Å². The number of hydrogen-bond acceptors (Lipinski definition) is 1. The predicted molar refractivity (Wildman–Crippen MR) is 62.6 cm³/mol. The molecule has 1 rings (SSSR count). The highest BCUT2D eigenvalue weighted by Gasteiger charge is 1.99. The molecule has 15 heavy (non-hydrogen) atoms. The lowest BCUT2D eigenvalue weighted by Crippen LogP contribution is -2.16. The summed E-state index contributed by atoms with van der Waals surface area (Å²) in [7, 11) is 0. The van der Waals surface area contributed by atoms with E-state index in [1.807, 2.05) is 24.3 Å². The van der Waals surface area contributed by atoms with Gasteiger partial charge in [-0.25, -0.2) is 0 Å². The summed E-state index contributed by atoms with van der Waals surface area (Å²) in [4.78, 5) is 11.5. The molecule has 0 aliphatic rings. The lowest BCUT2D eigenvalue weighted by Gasteiger charge is -1.98. The molecule has 0 heterocycles. The van der Waals surface area contributed by atoms with E-state index in [-0.39, 0.29) is 5.91 Å². The van der Waals surface area contributed by atoms with Crippen molar-refractivity contribution < 1.29 is 4.79 Å². The van der Waals surface area contributed by atoms with Crippen LogP contribution in [0.4, 0.5) is 0 Å². The third-order valence-electron chi connectivity index (χ3n) is 2.09. The maximum atomic E-state index is 11.5. The Kier molecular flexibility index (Phi) is 5.23. The molecule has 0 saturated heterocycles. The fraction of sp³-hybridized carbons (Fsp3) is 0.308. The minimum Gasteiger partial charge on any atom is -0.329 e. The summed E-state index contributed by atoms with van der Waals surface area (Å²) in [6, 6.07) is 9.21. The molecule has 0 aliphatic heterocycles. The van der Waals surface area contributed by atoms with Crippen LogP contribution in [0.1, 0.15) is 36.5 Å². The number of benzene rings is 1. The predicted octanol–water partition coefficient (Wildman–Crippen LogP) is 3.12. The minimum atomic E-state index is -0.0525. The summed E-state index contributed by atoms with van der Waals surface area (Å²) < 4.78 is 0. The highest BCUT2D eigenvalue weighted by molar-refractivity contribution is 5.94. The third kappa shape index (κ3) is 4.45. The largest absolute Gasteiger partial charge is 0.329 e. The van der Waals surface area contributed by atoms with Crippen LogP contribution in [0.3, 0.4) is 0 Å². The van der Waals surface area contributed by atoms with E-state index in [1.165, 1.54) is 6.42 Å². The van der Waals surface area contributed by atoms with Crippen molar-refractivity contribution in [1.29, 1.82) is 0 Å². The second-order valence-electron chi connectivity index (χ2n) is 3.38. The number of carbonyl (C=O) groups is 1. The number of allylic oxidation sites excluding steroid dienone is 1. The number of unbranched alkanes of at least 4 members (excludes halogenated alkanes) is 2. The Labute approximate surface area is 91.0 Å². The Morgan fingerprint density at radius 3 is 2.73 bits per heavy atom. The van der Waals surface area contributed by atoms with Gasteiger partial charge >= 0.3 is 0 Å².